The second-order valence-electron chi connectivity index (χ2n) is 5.73. The first-order chi connectivity index (χ1) is 9.96. The maximum absolute atomic E-state index is 12.3. The van der Waals surface area contributed by atoms with Gasteiger partial charge >= 0.3 is 0 Å². The Morgan fingerprint density at radius 2 is 2.05 bits per heavy atom. The van der Waals surface area contributed by atoms with Gasteiger partial charge in [0, 0.05) is 24.5 Å². The lowest BCUT2D eigenvalue weighted by molar-refractivity contribution is 0.0883. The third kappa shape index (κ3) is 3.31. The zero-order valence-corrected chi connectivity index (χ0v) is 12.7. The van der Waals surface area contributed by atoms with Gasteiger partial charge in [-0.1, -0.05) is 13.8 Å². The van der Waals surface area contributed by atoms with Crippen LogP contribution in [-0.2, 0) is 0 Å². The minimum atomic E-state index is -0.405. The van der Waals surface area contributed by atoms with Crippen LogP contribution in [0.2, 0.25) is 0 Å². The SMILES string of the molecule is CC(C)C(C)(CN)NC(=O)c1ccc(-n2cccn2)cc1. The maximum atomic E-state index is 12.3. The molecule has 21 heavy (non-hydrogen) atoms. The molecule has 0 saturated heterocycles. The molecule has 0 bridgehead atoms. The lowest BCUT2D eigenvalue weighted by atomic mass is 9.88. The van der Waals surface area contributed by atoms with Crippen LogP contribution in [0.5, 0.6) is 0 Å². The van der Waals surface area contributed by atoms with Crippen molar-refractivity contribution in [3.63, 3.8) is 0 Å². The molecule has 1 aromatic heterocycles. The molecule has 1 heterocycles. The molecule has 0 aliphatic rings. The first-order valence-electron chi connectivity index (χ1n) is 7.09. The molecule has 0 spiro atoms. The summed E-state index contributed by atoms with van der Waals surface area (Å²) in [5.74, 6) is 0.151. The molecule has 0 saturated carbocycles. The van der Waals surface area contributed by atoms with E-state index in [-0.39, 0.29) is 11.8 Å². The summed E-state index contributed by atoms with van der Waals surface area (Å²) in [6.45, 7) is 6.47. The number of nitrogens with two attached hydrogens (primary N) is 1. The molecule has 5 nitrogen and oxygen atoms in total. The molecule has 0 aliphatic carbocycles. The highest BCUT2D eigenvalue weighted by Crippen LogP contribution is 2.16. The zero-order chi connectivity index (χ0) is 15.5. The lowest BCUT2D eigenvalue weighted by Gasteiger charge is -2.33. The van der Waals surface area contributed by atoms with Gasteiger partial charge in [0.1, 0.15) is 0 Å². The van der Waals surface area contributed by atoms with Crippen LogP contribution >= 0.6 is 0 Å². The number of carbonyl (C=O) groups excluding carboxylic acids is 1. The number of rotatable bonds is 5. The van der Waals surface area contributed by atoms with Crippen LogP contribution in [0.1, 0.15) is 31.1 Å². The number of nitrogens with one attached hydrogen (secondary N) is 1. The summed E-state index contributed by atoms with van der Waals surface area (Å²) in [4.78, 5) is 12.3. The zero-order valence-electron chi connectivity index (χ0n) is 12.7. The standard InChI is InChI=1S/C16H22N4O/c1-12(2)16(3,11-17)19-15(21)13-5-7-14(8-6-13)20-10-4-9-18-20/h4-10,12H,11,17H2,1-3H3,(H,19,21). The fourth-order valence-electron chi connectivity index (χ4n) is 1.95. The Morgan fingerprint density at radius 3 is 2.52 bits per heavy atom. The first-order valence-corrected chi connectivity index (χ1v) is 7.09. The smallest absolute Gasteiger partial charge is 0.251 e. The molecule has 1 atom stereocenters. The minimum absolute atomic E-state index is 0.108. The molecule has 2 rings (SSSR count). The van der Waals surface area contributed by atoms with Gasteiger partial charge in [-0.15, -0.1) is 0 Å². The van der Waals surface area contributed by atoms with E-state index in [0.717, 1.165) is 5.69 Å². The van der Waals surface area contributed by atoms with E-state index in [1.54, 1.807) is 23.0 Å². The quantitative estimate of drug-likeness (QED) is 0.882. The van der Waals surface area contributed by atoms with Gasteiger partial charge in [-0.25, -0.2) is 4.68 Å². The van der Waals surface area contributed by atoms with E-state index in [4.69, 9.17) is 5.73 Å². The Kier molecular flexibility index (Phi) is 4.43. The largest absolute Gasteiger partial charge is 0.345 e. The van der Waals surface area contributed by atoms with Crippen LogP contribution in [0.4, 0.5) is 0 Å². The van der Waals surface area contributed by atoms with Crippen molar-refractivity contribution in [3.05, 3.63) is 48.3 Å². The van der Waals surface area contributed by atoms with Crippen molar-refractivity contribution in [2.75, 3.05) is 6.54 Å². The molecule has 1 aromatic carbocycles. The van der Waals surface area contributed by atoms with Crippen LogP contribution in [0.25, 0.3) is 5.69 Å². The molecule has 0 fully saturated rings. The molecule has 1 amide bonds. The highest BCUT2D eigenvalue weighted by molar-refractivity contribution is 5.94. The van der Waals surface area contributed by atoms with Crippen molar-refractivity contribution in [2.45, 2.75) is 26.3 Å². The average Bonchev–Trinajstić information content (AvgIpc) is 3.01. The molecular weight excluding hydrogens is 264 g/mol. The fourth-order valence-corrected chi connectivity index (χ4v) is 1.95. The van der Waals surface area contributed by atoms with Crippen molar-refractivity contribution in [2.24, 2.45) is 11.7 Å². The van der Waals surface area contributed by atoms with Crippen molar-refractivity contribution in [1.29, 1.82) is 0 Å². The molecule has 0 aliphatic heterocycles. The molecule has 1 unspecified atom stereocenters. The normalized spacial score (nSPS) is 14.0. The number of nitrogens with zero attached hydrogens (tertiary/aromatic N) is 2. The number of aromatic nitrogens is 2. The van der Waals surface area contributed by atoms with Gasteiger partial charge in [0.05, 0.1) is 11.2 Å². The number of hydrogen-bond donors (Lipinski definition) is 2. The van der Waals surface area contributed by atoms with E-state index in [2.05, 4.69) is 10.4 Å². The van der Waals surface area contributed by atoms with E-state index in [1.807, 2.05) is 45.2 Å². The third-order valence-corrected chi connectivity index (χ3v) is 4.00. The summed E-state index contributed by atoms with van der Waals surface area (Å²) in [6, 6.07) is 9.19. The molecule has 0 radical (unpaired) electrons. The number of benzene rings is 1. The van der Waals surface area contributed by atoms with Gasteiger partial charge in [0.2, 0.25) is 0 Å². The Bertz CT molecular complexity index is 589. The van der Waals surface area contributed by atoms with Crippen molar-refractivity contribution in [3.8, 4) is 5.69 Å². The van der Waals surface area contributed by atoms with E-state index in [9.17, 15) is 4.79 Å². The van der Waals surface area contributed by atoms with Gasteiger partial charge in [-0.3, -0.25) is 4.79 Å². The molecule has 5 heteroatoms. The number of hydrogen-bond acceptors (Lipinski definition) is 3. The second-order valence-corrected chi connectivity index (χ2v) is 5.73. The van der Waals surface area contributed by atoms with Gasteiger partial charge in [0.15, 0.2) is 0 Å². The summed E-state index contributed by atoms with van der Waals surface area (Å²) in [7, 11) is 0. The number of amides is 1. The van der Waals surface area contributed by atoms with Crippen LogP contribution in [-0.4, -0.2) is 27.8 Å². The Labute approximate surface area is 125 Å². The monoisotopic (exact) mass is 286 g/mol. The summed E-state index contributed by atoms with van der Waals surface area (Å²) < 4.78 is 1.75. The van der Waals surface area contributed by atoms with E-state index in [0.29, 0.717) is 12.1 Å². The van der Waals surface area contributed by atoms with Gasteiger partial charge < -0.3 is 11.1 Å². The van der Waals surface area contributed by atoms with Crippen molar-refractivity contribution in [1.82, 2.24) is 15.1 Å². The summed E-state index contributed by atoms with van der Waals surface area (Å²) in [6.07, 6.45) is 3.58. The predicted molar refractivity (Wildman–Crippen MR) is 83.3 cm³/mol. The molecule has 3 N–H and O–H groups in total. The second kappa shape index (κ2) is 6.10. The highest BCUT2D eigenvalue weighted by Gasteiger charge is 2.28. The molecular formula is C16H22N4O. The molecule has 112 valence electrons. The van der Waals surface area contributed by atoms with E-state index in [1.165, 1.54) is 0 Å². The van der Waals surface area contributed by atoms with Crippen molar-refractivity contribution < 1.29 is 4.79 Å². The highest BCUT2D eigenvalue weighted by atomic mass is 16.1. The first kappa shape index (κ1) is 15.3. The maximum Gasteiger partial charge on any atom is 0.251 e. The van der Waals surface area contributed by atoms with Crippen LogP contribution in [0.3, 0.4) is 0 Å². The Balaban J connectivity index is 2.13. The Hall–Kier alpha value is -2.14. The van der Waals surface area contributed by atoms with Gasteiger partial charge in [-0.2, -0.15) is 5.10 Å². The number of carbonyl (C=O) groups is 1. The summed E-state index contributed by atoms with van der Waals surface area (Å²) in [5, 5.41) is 7.18. The van der Waals surface area contributed by atoms with Gasteiger partial charge in [0.25, 0.3) is 5.91 Å². The Morgan fingerprint density at radius 1 is 1.38 bits per heavy atom. The topological polar surface area (TPSA) is 72.9 Å². The average molecular weight is 286 g/mol. The minimum Gasteiger partial charge on any atom is -0.345 e. The molecule has 2 aromatic rings. The fraction of sp³-hybridized carbons (Fsp3) is 0.375. The van der Waals surface area contributed by atoms with E-state index >= 15 is 0 Å². The summed E-state index contributed by atoms with van der Waals surface area (Å²) in [5.41, 5.74) is 6.93. The van der Waals surface area contributed by atoms with E-state index < -0.39 is 5.54 Å². The van der Waals surface area contributed by atoms with Crippen molar-refractivity contribution >= 4 is 5.91 Å². The summed E-state index contributed by atoms with van der Waals surface area (Å²) >= 11 is 0. The third-order valence-electron chi connectivity index (χ3n) is 4.00. The van der Waals surface area contributed by atoms with Gasteiger partial charge in [-0.05, 0) is 43.2 Å². The van der Waals surface area contributed by atoms with Crippen LogP contribution < -0.4 is 11.1 Å². The lowest BCUT2D eigenvalue weighted by Crippen LogP contribution is -2.55. The van der Waals surface area contributed by atoms with Crippen LogP contribution in [0, 0.1) is 5.92 Å². The predicted octanol–water partition coefficient (Wildman–Crippen LogP) is 1.98. The van der Waals surface area contributed by atoms with Crippen LogP contribution in [0.15, 0.2) is 42.7 Å².